The Balaban J connectivity index is 0.00000312. The molecular formula is C18H25FIN3O2. The first-order valence-corrected chi connectivity index (χ1v) is 8.18. The summed E-state index contributed by atoms with van der Waals surface area (Å²) in [5.41, 5.74) is 0. The molecular weight excluding hydrogens is 436 g/mol. The number of rotatable bonds is 8. The van der Waals surface area contributed by atoms with Gasteiger partial charge in [0.2, 0.25) is 0 Å². The number of aliphatic imine (C=N–C) groups is 1. The van der Waals surface area contributed by atoms with Gasteiger partial charge in [-0.3, -0.25) is 0 Å². The van der Waals surface area contributed by atoms with E-state index in [0.717, 1.165) is 18.7 Å². The van der Waals surface area contributed by atoms with Gasteiger partial charge in [0.1, 0.15) is 30.0 Å². The van der Waals surface area contributed by atoms with Crippen LogP contribution in [0.5, 0.6) is 5.75 Å². The Morgan fingerprint density at radius 1 is 1.24 bits per heavy atom. The number of benzene rings is 1. The Labute approximate surface area is 165 Å². The summed E-state index contributed by atoms with van der Waals surface area (Å²) in [4.78, 5) is 4.47. The molecule has 0 fully saturated rings. The second-order valence-corrected chi connectivity index (χ2v) is 5.26. The van der Waals surface area contributed by atoms with Crippen LogP contribution in [0.3, 0.4) is 0 Å². The lowest BCUT2D eigenvalue weighted by Crippen LogP contribution is -2.42. The van der Waals surface area contributed by atoms with Crippen molar-refractivity contribution in [3.8, 4) is 5.75 Å². The van der Waals surface area contributed by atoms with Gasteiger partial charge in [-0.25, -0.2) is 9.38 Å². The molecule has 0 spiro atoms. The van der Waals surface area contributed by atoms with Crippen LogP contribution in [0.15, 0.2) is 52.1 Å². The van der Waals surface area contributed by atoms with Gasteiger partial charge in [-0.05, 0) is 37.6 Å². The van der Waals surface area contributed by atoms with Crippen LogP contribution in [0.25, 0.3) is 0 Å². The molecule has 138 valence electrons. The Kier molecular flexibility index (Phi) is 9.98. The molecule has 1 heterocycles. The van der Waals surface area contributed by atoms with Crippen LogP contribution in [0.1, 0.15) is 26.0 Å². The maximum absolute atomic E-state index is 13.2. The number of hydrogen-bond donors (Lipinski definition) is 2. The van der Waals surface area contributed by atoms with E-state index in [-0.39, 0.29) is 35.9 Å². The first kappa shape index (κ1) is 21.3. The van der Waals surface area contributed by atoms with Crippen molar-refractivity contribution in [1.82, 2.24) is 10.6 Å². The number of nitrogens with one attached hydrogen (secondary N) is 2. The smallest absolute Gasteiger partial charge is 0.191 e. The van der Waals surface area contributed by atoms with Gasteiger partial charge in [0.25, 0.3) is 0 Å². The topological polar surface area (TPSA) is 58.8 Å². The molecule has 2 N–H and O–H groups in total. The van der Waals surface area contributed by atoms with Crippen molar-refractivity contribution < 1.29 is 13.5 Å². The lowest BCUT2D eigenvalue weighted by atomic mass is 10.2. The minimum absolute atomic E-state index is 0. The third-order valence-corrected chi connectivity index (χ3v) is 3.37. The molecule has 7 heteroatoms. The predicted molar refractivity (Wildman–Crippen MR) is 108 cm³/mol. The van der Waals surface area contributed by atoms with Gasteiger partial charge < -0.3 is 19.8 Å². The number of hydrogen-bond acceptors (Lipinski definition) is 3. The molecule has 25 heavy (non-hydrogen) atoms. The number of halogens is 2. The number of nitrogens with zero attached hydrogens (tertiary/aromatic N) is 1. The summed E-state index contributed by atoms with van der Waals surface area (Å²) < 4.78 is 24.3. The standard InChI is InChI=1S/C18H24FN3O2.HI/c1-3-15(24-16-8-5-7-14(19)11-16)12-21-18(20-4-2)22-13-17-9-6-10-23-17;/h5-11,15H,3-4,12-13H2,1-2H3,(H2,20,21,22);1H. The molecule has 1 atom stereocenters. The summed E-state index contributed by atoms with van der Waals surface area (Å²) >= 11 is 0. The van der Waals surface area contributed by atoms with Crippen molar-refractivity contribution in [3.63, 3.8) is 0 Å². The molecule has 5 nitrogen and oxygen atoms in total. The molecule has 0 amide bonds. The monoisotopic (exact) mass is 461 g/mol. The number of guanidine groups is 1. The molecule has 0 aliphatic carbocycles. The van der Waals surface area contributed by atoms with E-state index < -0.39 is 0 Å². The molecule has 0 saturated carbocycles. The predicted octanol–water partition coefficient (Wildman–Crippen LogP) is 3.95. The zero-order chi connectivity index (χ0) is 17.2. The van der Waals surface area contributed by atoms with Crippen LogP contribution < -0.4 is 15.4 Å². The van der Waals surface area contributed by atoms with Gasteiger partial charge in [0.15, 0.2) is 5.96 Å². The molecule has 0 saturated heterocycles. The fourth-order valence-corrected chi connectivity index (χ4v) is 2.11. The minimum Gasteiger partial charge on any atom is -0.489 e. The zero-order valence-electron chi connectivity index (χ0n) is 14.5. The molecule has 0 radical (unpaired) electrons. The van der Waals surface area contributed by atoms with Crippen LogP contribution in [0.4, 0.5) is 4.39 Å². The third-order valence-electron chi connectivity index (χ3n) is 3.37. The van der Waals surface area contributed by atoms with E-state index in [2.05, 4.69) is 15.6 Å². The average Bonchev–Trinajstić information content (AvgIpc) is 3.09. The van der Waals surface area contributed by atoms with Crippen molar-refractivity contribution >= 4 is 29.9 Å². The van der Waals surface area contributed by atoms with Crippen LogP contribution in [-0.2, 0) is 6.54 Å². The summed E-state index contributed by atoms with van der Waals surface area (Å²) in [6.07, 6.45) is 2.34. The highest BCUT2D eigenvalue weighted by Crippen LogP contribution is 2.14. The van der Waals surface area contributed by atoms with Gasteiger partial charge in [0, 0.05) is 12.6 Å². The largest absolute Gasteiger partial charge is 0.489 e. The van der Waals surface area contributed by atoms with E-state index in [1.165, 1.54) is 12.1 Å². The summed E-state index contributed by atoms with van der Waals surface area (Å²) in [7, 11) is 0. The van der Waals surface area contributed by atoms with Gasteiger partial charge in [0.05, 0.1) is 12.8 Å². The van der Waals surface area contributed by atoms with Crippen molar-refractivity contribution in [3.05, 3.63) is 54.2 Å². The molecule has 0 aliphatic heterocycles. The Morgan fingerprint density at radius 2 is 2.08 bits per heavy atom. The van der Waals surface area contributed by atoms with Crippen LogP contribution in [0.2, 0.25) is 0 Å². The Morgan fingerprint density at radius 3 is 2.72 bits per heavy atom. The highest BCUT2D eigenvalue weighted by molar-refractivity contribution is 14.0. The average molecular weight is 461 g/mol. The Bertz CT molecular complexity index is 635. The quantitative estimate of drug-likeness (QED) is 0.355. The molecule has 1 aromatic heterocycles. The number of furan rings is 1. The van der Waals surface area contributed by atoms with Crippen molar-refractivity contribution in [2.45, 2.75) is 32.9 Å². The highest BCUT2D eigenvalue weighted by atomic mass is 127. The van der Waals surface area contributed by atoms with E-state index in [9.17, 15) is 4.39 Å². The lowest BCUT2D eigenvalue weighted by molar-refractivity contribution is 0.198. The highest BCUT2D eigenvalue weighted by Gasteiger charge is 2.10. The second-order valence-electron chi connectivity index (χ2n) is 5.26. The van der Waals surface area contributed by atoms with Crippen molar-refractivity contribution in [2.24, 2.45) is 4.99 Å². The van der Waals surface area contributed by atoms with Crippen LogP contribution >= 0.6 is 24.0 Å². The summed E-state index contributed by atoms with van der Waals surface area (Å²) in [5, 5.41) is 6.43. The van der Waals surface area contributed by atoms with Crippen LogP contribution in [0, 0.1) is 5.82 Å². The summed E-state index contributed by atoms with van der Waals surface area (Å²) in [5.74, 6) is 1.72. The third kappa shape index (κ3) is 7.76. The van der Waals surface area contributed by atoms with Crippen LogP contribution in [-0.4, -0.2) is 25.2 Å². The first-order valence-electron chi connectivity index (χ1n) is 8.18. The molecule has 1 unspecified atom stereocenters. The number of ether oxygens (including phenoxy) is 1. The zero-order valence-corrected chi connectivity index (χ0v) is 16.8. The lowest BCUT2D eigenvalue weighted by Gasteiger charge is -2.20. The van der Waals surface area contributed by atoms with E-state index in [4.69, 9.17) is 9.15 Å². The molecule has 2 aromatic rings. The fourth-order valence-electron chi connectivity index (χ4n) is 2.11. The van der Waals surface area contributed by atoms with E-state index >= 15 is 0 Å². The van der Waals surface area contributed by atoms with E-state index in [1.54, 1.807) is 18.4 Å². The van der Waals surface area contributed by atoms with E-state index in [0.29, 0.717) is 24.8 Å². The minimum atomic E-state index is -0.302. The first-order chi connectivity index (χ1) is 11.7. The normalized spacial score (nSPS) is 12.2. The van der Waals surface area contributed by atoms with Gasteiger partial charge in [-0.15, -0.1) is 24.0 Å². The molecule has 0 aliphatic rings. The fraction of sp³-hybridized carbons (Fsp3) is 0.389. The maximum Gasteiger partial charge on any atom is 0.191 e. The van der Waals surface area contributed by atoms with Crippen molar-refractivity contribution in [1.29, 1.82) is 0 Å². The molecule has 0 bridgehead atoms. The molecule has 1 aromatic carbocycles. The van der Waals surface area contributed by atoms with E-state index in [1.807, 2.05) is 26.0 Å². The maximum atomic E-state index is 13.2. The summed E-state index contributed by atoms with van der Waals surface area (Å²) in [6.45, 7) is 5.82. The van der Waals surface area contributed by atoms with Gasteiger partial charge >= 0.3 is 0 Å². The van der Waals surface area contributed by atoms with Gasteiger partial charge in [-0.1, -0.05) is 13.0 Å². The SMILES string of the molecule is CCNC(=NCc1ccco1)NCC(CC)Oc1cccc(F)c1.I. The molecule has 2 rings (SSSR count). The summed E-state index contributed by atoms with van der Waals surface area (Å²) in [6, 6.07) is 9.90. The van der Waals surface area contributed by atoms with Crippen molar-refractivity contribution in [2.75, 3.05) is 13.1 Å². The van der Waals surface area contributed by atoms with Gasteiger partial charge in [-0.2, -0.15) is 0 Å². The Hall–Kier alpha value is -1.77. The second kappa shape index (κ2) is 11.7.